The first-order valence-corrected chi connectivity index (χ1v) is 11.3. The van der Waals surface area contributed by atoms with E-state index in [1.54, 1.807) is 17.0 Å². The number of amides is 3. The smallest absolute Gasteiger partial charge is 0.322 e. The van der Waals surface area contributed by atoms with Gasteiger partial charge in [0.15, 0.2) is 0 Å². The molecule has 0 aliphatic rings. The molecular formula is C24H24F3N3O3S. The van der Waals surface area contributed by atoms with Gasteiger partial charge in [-0.3, -0.25) is 4.79 Å². The van der Waals surface area contributed by atoms with Crippen LogP contribution in [0.4, 0.5) is 23.7 Å². The molecule has 2 aromatic carbocycles. The van der Waals surface area contributed by atoms with Gasteiger partial charge in [0.1, 0.15) is 24.0 Å². The number of carbonyl (C=O) groups is 2. The Morgan fingerprint density at radius 2 is 1.71 bits per heavy atom. The summed E-state index contributed by atoms with van der Waals surface area (Å²) in [6, 6.07) is 11.6. The van der Waals surface area contributed by atoms with E-state index in [-0.39, 0.29) is 43.7 Å². The SMILES string of the molecule is COCCN(CC(=O)N(Cc1ccc(F)cc1)Cc1cccs1)C(=O)Nc1ccc(F)cc1F. The minimum atomic E-state index is -0.929. The monoisotopic (exact) mass is 491 g/mol. The molecular weight excluding hydrogens is 467 g/mol. The van der Waals surface area contributed by atoms with E-state index >= 15 is 0 Å². The van der Waals surface area contributed by atoms with E-state index in [0.29, 0.717) is 12.6 Å². The number of hydrogen-bond donors (Lipinski definition) is 1. The molecule has 10 heteroatoms. The topological polar surface area (TPSA) is 61.9 Å². The van der Waals surface area contributed by atoms with Crippen molar-refractivity contribution in [3.8, 4) is 0 Å². The lowest BCUT2D eigenvalue weighted by atomic mass is 10.2. The zero-order valence-electron chi connectivity index (χ0n) is 18.5. The van der Waals surface area contributed by atoms with Crippen molar-refractivity contribution >= 4 is 29.0 Å². The molecule has 1 aromatic heterocycles. The molecule has 0 unspecified atom stereocenters. The van der Waals surface area contributed by atoms with E-state index in [2.05, 4.69) is 5.32 Å². The van der Waals surface area contributed by atoms with Gasteiger partial charge in [0.25, 0.3) is 0 Å². The van der Waals surface area contributed by atoms with E-state index in [1.165, 1.54) is 35.5 Å². The molecule has 6 nitrogen and oxygen atoms in total. The number of carbonyl (C=O) groups excluding carboxylic acids is 2. The molecule has 180 valence electrons. The van der Waals surface area contributed by atoms with Crippen molar-refractivity contribution in [2.24, 2.45) is 0 Å². The Kier molecular flexibility index (Phi) is 9.06. The van der Waals surface area contributed by atoms with Gasteiger partial charge in [-0.1, -0.05) is 18.2 Å². The van der Waals surface area contributed by atoms with Gasteiger partial charge in [-0.15, -0.1) is 11.3 Å². The van der Waals surface area contributed by atoms with Gasteiger partial charge in [0, 0.05) is 31.1 Å². The van der Waals surface area contributed by atoms with Crippen LogP contribution in [0.3, 0.4) is 0 Å². The summed E-state index contributed by atoms with van der Waals surface area (Å²) < 4.78 is 45.5. The van der Waals surface area contributed by atoms with Crippen molar-refractivity contribution in [2.75, 3.05) is 32.1 Å². The molecule has 1 N–H and O–H groups in total. The summed E-state index contributed by atoms with van der Waals surface area (Å²) in [5.41, 5.74) is 0.524. The van der Waals surface area contributed by atoms with Crippen LogP contribution >= 0.6 is 11.3 Å². The summed E-state index contributed by atoms with van der Waals surface area (Å²) in [6.07, 6.45) is 0. The first-order chi connectivity index (χ1) is 16.4. The van der Waals surface area contributed by atoms with Crippen molar-refractivity contribution in [3.63, 3.8) is 0 Å². The molecule has 34 heavy (non-hydrogen) atoms. The summed E-state index contributed by atoms with van der Waals surface area (Å²) in [6.45, 7) is 0.434. The summed E-state index contributed by atoms with van der Waals surface area (Å²) in [4.78, 5) is 29.8. The largest absolute Gasteiger partial charge is 0.383 e. The maximum Gasteiger partial charge on any atom is 0.322 e. The highest BCUT2D eigenvalue weighted by atomic mass is 32.1. The lowest BCUT2D eigenvalue weighted by Crippen LogP contribution is -2.45. The minimum Gasteiger partial charge on any atom is -0.383 e. The van der Waals surface area contributed by atoms with Crippen LogP contribution in [-0.2, 0) is 22.6 Å². The lowest BCUT2D eigenvalue weighted by Gasteiger charge is -2.27. The van der Waals surface area contributed by atoms with Crippen molar-refractivity contribution in [2.45, 2.75) is 13.1 Å². The van der Waals surface area contributed by atoms with Crippen molar-refractivity contribution < 1.29 is 27.5 Å². The fraction of sp³-hybridized carbons (Fsp3) is 0.250. The van der Waals surface area contributed by atoms with Crippen molar-refractivity contribution in [3.05, 3.63) is 87.9 Å². The second-order valence-corrected chi connectivity index (χ2v) is 8.46. The van der Waals surface area contributed by atoms with Crippen LogP contribution in [0.5, 0.6) is 0 Å². The van der Waals surface area contributed by atoms with Gasteiger partial charge in [0.05, 0.1) is 18.8 Å². The van der Waals surface area contributed by atoms with E-state index in [4.69, 9.17) is 4.74 Å². The molecule has 0 atom stereocenters. The van der Waals surface area contributed by atoms with Crippen LogP contribution in [0.2, 0.25) is 0 Å². The average Bonchev–Trinajstić information content (AvgIpc) is 3.32. The summed E-state index contributed by atoms with van der Waals surface area (Å²) in [7, 11) is 1.45. The Morgan fingerprint density at radius 1 is 0.971 bits per heavy atom. The molecule has 0 aliphatic heterocycles. The molecule has 0 aliphatic carbocycles. The fourth-order valence-electron chi connectivity index (χ4n) is 3.14. The molecule has 0 saturated carbocycles. The molecule has 0 bridgehead atoms. The van der Waals surface area contributed by atoms with Gasteiger partial charge in [0.2, 0.25) is 5.91 Å². The number of benzene rings is 2. The second-order valence-electron chi connectivity index (χ2n) is 7.42. The quantitative estimate of drug-likeness (QED) is 0.440. The van der Waals surface area contributed by atoms with Gasteiger partial charge < -0.3 is 19.9 Å². The summed E-state index contributed by atoms with van der Waals surface area (Å²) in [5.74, 6) is -2.44. The number of ether oxygens (including phenoxy) is 1. The third kappa shape index (κ3) is 7.32. The number of methoxy groups -OCH3 is 1. The predicted molar refractivity (Wildman–Crippen MR) is 124 cm³/mol. The highest BCUT2D eigenvalue weighted by molar-refractivity contribution is 7.09. The van der Waals surface area contributed by atoms with Crippen LogP contribution in [0, 0.1) is 17.5 Å². The van der Waals surface area contributed by atoms with Gasteiger partial charge in [-0.2, -0.15) is 0 Å². The molecule has 3 amide bonds. The normalized spacial score (nSPS) is 10.7. The third-order valence-corrected chi connectivity index (χ3v) is 5.78. The number of nitrogens with one attached hydrogen (secondary N) is 1. The highest BCUT2D eigenvalue weighted by Gasteiger charge is 2.23. The summed E-state index contributed by atoms with van der Waals surface area (Å²) in [5, 5.41) is 4.27. The molecule has 0 fully saturated rings. The Bertz CT molecular complexity index is 1090. The molecule has 1 heterocycles. The first-order valence-electron chi connectivity index (χ1n) is 10.4. The number of halogens is 3. The van der Waals surface area contributed by atoms with E-state index in [0.717, 1.165) is 22.6 Å². The molecule has 3 rings (SSSR count). The molecule has 0 radical (unpaired) electrons. The van der Waals surface area contributed by atoms with E-state index < -0.39 is 17.7 Å². The number of nitrogens with zero attached hydrogens (tertiary/aromatic N) is 2. The van der Waals surface area contributed by atoms with Crippen LogP contribution in [0.1, 0.15) is 10.4 Å². The highest BCUT2D eigenvalue weighted by Crippen LogP contribution is 2.17. The van der Waals surface area contributed by atoms with Crippen molar-refractivity contribution in [1.82, 2.24) is 9.80 Å². The Hall–Kier alpha value is -3.37. The van der Waals surface area contributed by atoms with Gasteiger partial charge in [-0.05, 0) is 41.3 Å². The standard InChI is InChI=1S/C24H24F3N3O3S/c1-33-11-10-29(24(32)28-22-9-8-19(26)13-21(22)27)16-23(31)30(15-20-3-2-12-34-20)14-17-4-6-18(25)7-5-17/h2-9,12-13H,10-11,14-16H2,1H3,(H,28,32). The number of thiophene rings is 1. The Labute approximate surface area is 199 Å². The maximum atomic E-state index is 14.0. The maximum absolute atomic E-state index is 14.0. The molecule has 0 saturated heterocycles. The van der Waals surface area contributed by atoms with Crippen molar-refractivity contribution in [1.29, 1.82) is 0 Å². The van der Waals surface area contributed by atoms with E-state index in [1.807, 2.05) is 17.5 Å². The zero-order valence-corrected chi connectivity index (χ0v) is 19.3. The van der Waals surface area contributed by atoms with Crippen LogP contribution in [0.25, 0.3) is 0 Å². The first kappa shape index (κ1) is 25.3. The summed E-state index contributed by atoms with van der Waals surface area (Å²) >= 11 is 1.49. The average molecular weight is 492 g/mol. The number of rotatable bonds is 10. The minimum absolute atomic E-state index is 0.0697. The molecule has 0 spiro atoms. The zero-order chi connectivity index (χ0) is 24.5. The fourth-order valence-corrected chi connectivity index (χ4v) is 3.85. The number of urea groups is 1. The number of hydrogen-bond acceptors (Lipinski definition) is 4. The molecule has 3 aromatic rings. The lowest BCUT2D eigenvalue weighted by molar-refractivity contribution is -0.133. The third-order valence-electron chi connectivity index (χ3n) is 4.92. The van der Waals surface area contributed by atoms with Crippen LogP contribution < -0.4 is 5.32 Å². The van der Waals surface area contributed by atoms with E-state index in [9.17, 15) is 22.8 Å². The number of anilines is 1. The van der Waals surface area contributed by atoms with Crippen LogP contribution in [-0.4, -0.2) is 48.5 Å². The van der Waals surface area contributed by atoms with Gasteiger partial charge >= 0.3 is 6.03 Å². The van der Waals surface area contributed by atoms with Crippen LogP contribution in [0.15, 0.2) is 60.0 Å². The Balaban J connectivity index is 1.76. The second kappa shape index (κ2) is 12.2. The van der Waals surface area contributed by atoms with Gasteiger partial charge in [-0.25, -0.2) is 18.0 Å². The predicted octanol–water partition coefficient (Wildman–Crippen LogP) is 4.87. The Morgan fingerprint density at radius 3 is 2.35 bits per heavy atom.